The quantitative estimate of drug-likeness (QED) is 0.0541. The highest BCUT2D eigenvalue weighted by Crippen LogP contribution is 2.39. The lowest BCUT2D eigenvalue weighted by atomic mass is 9.84. The number of aromatic nitrogens is 2. The first-order chi connectivity index (χ1) is 27.0. The number of carboxylic acids is 1. The third-order valence-electron chi connectivity index (χ3n) is 8.65. The predicted molar refractivity (Wildman–Crippen MR) is 196 cm³/mol. The number of hydrazine groups is 1. The second-order valence-corrected chi connectivity index (χ2v) is 14.2. The van der Waals surface area contributed by atoms with Gasteiger partial charge in [0.25, 0.3) is 17.7 Å². The smallest absolute Gasteiger partial charge is 0.475 e. The van der Waals surface area contributed by atoms with Gasteiger partial charge in [0.2, 0.25) is 5.91 Å². The molecule has 2 heterocycles. The molecule has 1 aromatic heterocycles. The van der Waals surface area contributed by atoms with Crippen molar-refractivity contribution in [2.45, 2.75) is 64.8 Å². The van der Waals surface area contributed by atoms with Crippen molar-refractivity contribution >= 4 is 35.4 Å². The van der Waals surface area contributed by atoms with Gasteiger partial charge in [0.15, 0.2) is 5.78 Å². The number of carbonyl (C=O) groups is 6. The summed E-state index contributed by atoms with van der Waals surface area (Å²) in [5, 5.41) is 17.8. The number of Topliss-reactive ketones (excluding diaryl/α,β-unsaturated/α-hetero) is 1. The molecule has 0 saturated carbocycles. The van der Waals surface area contributed by atoms with Crippen LogP contribution in [0.5, 0.6) is 0 Å². The lowest BCUT2D eigenvalue weighted by molar-refractivity contribution is -0.192. The van der Waals surface area contributed by atoms with Crippen LogP contribution in [0.25, 0.3) is 11.3 Å². The van der Waals surface area contributed by atoms with Crippen molar-refractivity contribution in [1.29, 1.82) is 0 Å². The Morgan fingerprint density at radius 2 is 1.57 bits per heavy atom. The number of benzene rings is 2. The molecule has 1 aliphatic rings. The predicted octanol–water partition coefficient (Wildman–Crippen LogP) is 3.11. The van der Waals surface area contributed by atoms with Crippen molar-refractivity contribution in [2.24, 2.45) is 17.0 Å². The van der Waals surface area contributed by atoms with Gasteiger partial charge in [0.05, 0.1) is 24.3 Å². The van der Waals surface area contributed by atoms with E-state index in [2.05, 4.69) is 0 Å². The lowest BCUT2D eigenvalue weighted by Gasteiger charge is -2.40. The fourth-order valence-electron chi connectivity index (χ4n) is 5.91. The maximum atomic E-state index is 15.0. The van der Waals surface area contributed by atoms with Crippen molar-refractivity contribution in [3.05, 3.63) is 89.9 Å². The first kappa shape index (κ1) is 46.5. The summed E-state index contributed by atoms with van der Waals surface area (Å²) in [7, 11) is 0. The van der Waals surface area contributed by atoms with Gasteiger partial charge in [-0.2, -0.15) is 13.2 Å². The molecule has 4 amide bonds. The van der Waals surface area contributed by atoms with Crippen LogP contribution in [-0.4, -0.2) is 108 Å². The second kappa shape index (κ2) is 20.0. The molecule has 3 aromatic rings. The van der Waals surface area contributed by atoms with Gasteiger partial charge in [-0.25, -0.2) is 24.4 Å². The van der Waals surface area contributed by atoms with E-state index in [1.807, 2.05) is 51.1 Å². The van der Waals surface area contributed by atoms with Gasteiger partial charge in [0.1, 0.15) is 24.1 Å². The Labute approximate surface area is 329 Å². The molecule has 314 valence electrons. The molecule has 0 unspecified atom stereocenters. The first-order valence-electron chi connectivity index (χ1n) is 17.7. The number of ketones is 1. The Morgan fingerprint density at radius 1 is 0.966 bits per heavy atom. The van der Waals surface area contributed by atoms with Crippen LogP contribution in [0.15, 0.2) is 66.9 Å². The maximum Gasteiger partial charge on any atom is 0.490 e. The van der Waals surface area contributed by atoms with Crippen LogP contribution in [0.4, 0.5) is 22.0 Å². The maximum absolute atomic E-state index is 15.0. The summed E-state index contributed by atoms with van der Waals surface area (Å²) >= 11 is 0. The van der Waals surface area contributed by atoms with Crippen LogP contribution in [0.2, 0.25) is 0 Å². The molecule has 1 aliphatic heterocycles. The minimum absolute atomic E-state index is 0.0420. The van der Waals surface area contributed by atoms with Gasteiger partial charge >= 0.3 is 12.1 Å². The van der Waals surface area contributed by atoms with E-state index in [-0.39, 0.29) is 50.2 Å². The van der Waals surface area contributed by atoms with E-state index in [1.54, 1.807) is 10.8 Å². The summed E-state index contributed by atoms with van der Waals surface area (Å²) in [6.45, 7) is 4.39. The number of alkyl halides is 3. The lowest BCUT2D eigenvalue weighted by Crippen LogP contribution is -2.51. The van der Waals surface area contributed by atoms with Gasteiger partial charge in [-0.15, -0.1) is 0 Å². The molecule has 15 nitrogen and oxygen atoms in total. The monoisotopic (exact) mass is 821 g/mol. The average Bonchev–Trinajstić information content (AvgIpc) is 3.70. The zero-order chi connectivity index (χ0) is 43.5. The number of aliphatic carboxylic acids is 1. The number of aliphatic hydroxyl groups excluding tert-OH is 1. The van der Waals surface area contributed by atoms with Crippen LogP contribution in [0, 0.1) is 17.0 Å². The van der Waals surface area contributed by atoms with Crippen molar-refractivity contribution in [1.82, 2.24) is 24.4 Å². The van der Waals surface area contributed by atoms with Crippen LogP contribution in [0.3, 0.4) is 0 Å². The number of amides is 4. The van der Waals surface area contributed by atoms with Gasteiger partial charge in [0, 0.05) is 50.0 Å². The minimum atomic E-state index is -5.08. The fraction of sp³-hybridized carbons (Fsp3) is 0.395. The molecule has 0 fully saturated rings. The van der Waals surface area contributed by atoms with Crippen LogP contribution >= 0.6 is 0 Å². The number of carbonyl (C=O) groups excluding carboxylic acids is 5. The fourth-order valence-corrected chi connectivity index (χ4v) is 5.91. The number of nitrogens with two attached hydrogens (primary N) is 2. The standard InChI is InChI=1S/C36H43F2N7O6.C2HF3O2/c1-36(2,3)33(34-41-29(26-18-24(37)11-12-27(26)38)21-42(34)19-23-8-5-4-6-9-23)44(32(50)22-46)17-15-28(39)35(51)45(40)20-25(47)10-7-16-43-30(48)13-14-31(43)49;3-2(4,5)1(6)7/h4-6,8-9,11-14,18,21,28,33,46H,7,10,15-17,19-20,22,39-40H2,1-3H3;(H,6,7)/t28-,33-;/m0./s1. The number of rotatable bonds is 16. The SMILES string of the molecule is CC(C)(C)[C@H](c1nc(-c2cc(F)ccc2F)cn1Cc1ccccc1)N(CC[C@H](N)C(=O)N(N)CC(=O)CCCN1C(=O)C=CC1=O)C(=O)CO.O=C(O)C(F)(F)F. The highest BCUT2D eigenvalue weighted by atomic mass is 19.4. The van der Waals surface area contributed by atoms with Crippen LogP contribution < -0.4 is 11.6 Å². The molecule has 6 N–H and O–H groups in total. The number of halogens is 5. The summed E-state index contributed by atoms with van der Waals surface area (Å²) < 4.78 is 62.7. The molecule has 0 bridgehead atoms. The Bertz CT molecular complexity index is 1980. The van der Waals surface area contributed by atoms with Gasteiger partial charge < -0.3 is 25.4 Å². The van der Waals surface area contributed by atoms with E-state index >= 15 is 0 Å². The number of hydrogen-bond donors (Lipinski definition) is 4. The first-order valence-corrected chi connectivity index (χ1v) is 17.7. The molecule has 20 heteroatoms. The van der Waals surface area contributed by atoms with Gasteiger partial charge in [-0.05, 0) is 42.0 Å². The van der Waals surface area contributed by atoms with Crippen molar-refractivity contribution in [3.8, 4) is 11.3 Å². The van der Waals surface area contributed by atoms with E-state index < -0.39 is 83.8 Å². The summed E-state index contributed by atoms with van der Waals surface area (Å²) in [4.78, 5) is 78.4. The number of hydrogen-bond acceptors (Lipinski definition) is 10. The largest absolute Gasteiger partial charge is 0.490 e. The zero-order valence-corrected chi connectivity index (χ0v) is 31.8. The number of imide groups is 1. The van der Waals surface area contributed by atoms with Gasteiger partial charge in [-0.1, -0.05) is 51.1 Å². The summed E-state index contributed by atoms with van der Waals surface area (Å²) in [6, 6.07) is 10.3. The van der Waals surface area contributed by atoms with Crippen LogP contribution in [0.1, 0.15) is 57.5 Å². The molecular formula is C38H44F5N7O8. The van der Waals surface area contributed by atoms with E-state index in [4.69, 9.17) is 26.5 Å². The highest BCUT2D eigenvalue weighted by Gasteiger charge is 2.39. The number of carboxylic acid groups (broad SMARTS) is 1. The molecule has 58 heavy (non-hydrogen) atoms. The highest BCUT2D eigenvalue weighted by molar-refractivity contribution is 6.12. The Kier molecular flexibility index (Phi) is 16.1. The van der Waals surface area contributed by atoms with E-state index in [0.717, 1.165) is 40.8 Å². The second-order valence-electron chi connectivity index (χ2n) is 14.2. The molecule has 0 spiro atoms. The molecule has 0 saturated heterocycles. The Balaban J connectivity index is 0.00000117. The topological polar surface area (TPSA) is 222 Å². The van der Waals surface area contributed by atoms with Gasteiger partial charge in [-0.3, -0.25) is 33.9 Å². The molecule has 0 aliphatic carbocycles. The van der Waals surface area contributed by atoms with Crippen molar-refractivity contribution in [3.63, 3.8) is 0 Å². The van der Waals surface area contributed by atoms with Crippen molar-refractivity contribution < 1.29 is 60.9 Å². The Hall–Kier alpha value is -5.86. The average molecular weight is 822 g/mol. The molecule has 4 rings (SSSR count). The van der Waals surface area contributed by atoms with Crippen LogP contribution in [-0.2, 0) is 35.3 Å². The third kappa shape index (κ3) is 12.8. The normalized spacial score (nSPS) is 13.8. The molecule has 2 aromatic carbocycles. The molecule has 2 atom stereocenters. The van der Waals surface area contributed by atoms with E-state index in [1.165, 1.54) is 4.90 Å². The molecule has 0 radical (unpaired) electrons. The zero-order valence-electron chi connectivity index (χ0n) is 31.8. The third-order valence-corrected chi connectivity index (χ3v) is 8.65. The number of nitrogens with zero attached hydrogens (tertiary/aromatic N) is 5. The van der Waals surface area contributed by atoms with Crippen molar-refractivity contribution in [2.75, 3.05) is 26.2 Å². The Morgan fingerprint density at radius 3 is 2.12 bits per heavy atom. The minimum Gasteiger partial charge on any atom is -0.475 e. The summed E-state index contributed by atoms with van der Waals surface area (Å²) in [5.74, 6) is -0.658. The summed E-state index contributed by atoms with van der Waals surface area (Å²) in [6.07, 6.45) is -1.18. The van der Waals surface area contributed by atoms with E-state index in [9.17, 15) is 51.0 Å². The number of imidazole rings is 1. The molecular weight excluding hydrogens is 777 g/mol. The summed E-state index contributed by atoms with van der Waals surface area (Å²) in [5.41, 5.74) is 6.40. The number of aliphatic hydroxyl groups is 1. The van der Waals surface area contributed by atoms with E-state index in [0.29, 0.717) is 10.8 Å².